The first kappa shape index (κ1) is 35.9. The first-order chi connectivity index (χ1) is 24.5. The zero-order valence-corrected chi connectivity index (χ0v) is 30.0. The topological polar surface area (TPSA) is 166 Å². The SMILES string of the molecule is C=C1C(n2nccn2)=C(C)c2c1n(C[C@H](OC1C[C@H]3CC[C@@H](C1)O3)c1ccccc1OC(F)F)c(=O)n(C1(C(=O)NS(=O)(=O)C(C)(C)C)CC1)c2=O.[HH]. The van der Waals surface area contributed by atoms with Gasteiger partial charge in [0.25, 0.3) is 11.5 Å². The third-order valence-electron chi connectivity index (χ3n) is 10.3. The molecule has 52 heavy (non-hydrogen) atoms. The molecule has 0 spiro atoms. The smallest absolute Gasteiger partial charge is 0.387 e. The minimum absolute atomic E-state index is 0. The molecule has 4 atom stereocenters. The average molecular weight is 745 g/mol. The predicted octanol–water partition coefficient (Wildman–Crippen LogP) is 4.07. The molecule has 7 rings (SSSR count). The molecule has 2 saturated heterocycles. The number of allylic oxidation sites excluding steroid dienone is 3. The number of sulfonamides is 1. The number of fused-ring (bicyclic) bond motifs is 3. The number of aromatic nitrogens is 5. The van der Waals surface area contributed by atoms with Crippen LogP contribution in [0.5, 0.6) is 5.75 Å². The molecule has 2 bridgehead atoms. The van der Waals surface area contributed by atoms with Gasteiger partial charge in [-0.15, -0.1) is 0 Å². The van der Waals surface area contributed by atoms with Crippen LogP contribution in [0.4, 0.5) is 8.78 Å². The summed E-state index contributed by atoms with van der Waals surface area (Å²) in [5.74, 6) is -1.17. The number of nitrogens with zero attached hydrogens (tertiary/aromatic N) is 5. The quantitative estimate of drug-likeness (QED) is 0.303. The number of para-hydroxylation sites is 1. The summed E-state index contributed by atoms with van der Waals surface area (Å²) in [7, 11) is -4.22. The van der Waals surface area contributed by atoms with Crippen molar-refractivity contribution in [1.82, 2.24) is 28.9 Å². The second kappa shape index (κ2) is 12.9. The Hall–Kier alpha value is -4.48. The van der Waals surface area contributed by atoms with Crippen molar-refractivity contribution in [2.24, 2.45) is 0 Å². The van der Waals surface area contributed by atoms with E-state index in [0.717, 1.165) is 17.4 Å². The number of amides is 1. The lowest BCUT2D eigenvalue weighted by Crippen LogP contribution is -2.55. The Kier molecular flexibility index (Phi) is 8.89. The predicted molar refractivity (Wildman–Crippen MR) is 187 cm³/mol. The number of carbonyl (C=O) groups excluding carboxylic acids is 1. The Bertz CT molecular complexity index is 2200. The van der Waals surface area contributed by atoms with E-state index in [1.54, 1.807) is 19.1 Å². The molecule has 4 heterocycles. The zero-order valence-electron chi connectivity index (χ0n) is 29.2. The van der Waals surface area contributed by atoms with Crippen molar-refractivity contribution >= 4 is 32.8 Å². The van der Waals surface area contributed by atoms with Crippen molar-refractivity contribution in [1.29, 1.82) is 0 Å². The molecule has 0 radical (unpaired) electrons. The molecule has 1 unspecified atom stereocenters. The van der Waals surface area contributed by atoms with Gasteiger partial charge in [-0.3, -0.25) is 18.9 Å². The van der Waals surface area contributed by atoms with E-state index in [1.807, 2.05) is 0 Å². The molecule has 17 heteroatoms. The summed E-state index contributed by atoms with van der Waals surface area (Å²) < 4.78 is 74.0. The maximum Gasteiger partial charge on any atom is 0.387 e. The number of rotatable bonds is 11. The fourth-order valence-electron chi connectivity index (χ4n) is 7.43. The summed E-state index contributed by atoms with van der Waals surface area (Å²) in [4.78, 5) is 44.5. The van der Waals surface area contributed by atoms with Crippen molar-refractivity contribution in [2.75, 3.05) is 0 Å². The highest BCUT2D eigenvalue weighted by atomic mass is 32.2. The lowest BCUT2D eigenvalue weighted by Gasteiger charge is -2.33. The van der Waals surface area contributed by atoms with Crippen LogP contribution >= 0.6 is 0 Å². The van der Waals surface area contributed by atoms with E-state index < -0.39 is 50.2 Å². The van der Waals surface area contributed by atoms with Gasteiger partial charge in [-0.1, -0.05) is 24.8 Å². The van der Waals surface area contributed by atoms with Gasteiger partial charge in [-0.25, -0.2) is 17.8 Å². The highest BCUT2D eigenvalue weighted by molar-refractivity contribution is 7.91. The largest absolute Gasteiger partial charge is 0.434 e. The van der Waals surface area contributed by atoms with Crippen LogP contribution in [0.15, 0.2) is 52.8 Å². The normalized spacial score (nSPS) is 22.8. The number of alkyl halides is 2. The standard InChI is InChI=1S/C35H40F2N6O8S.H2/c1-19-27-29(20(2)28(19)43-38-14-15-39-43)41(33(46)42(30(27)44)35(12-13-35)31(45)40-52(47,48)34(3,4)5)18-26(24-8-6-7-9-25(24)51-32(36)37)50-23-16-21-10-11-22(17-23)49-21;/h6-9,14-15,21-23,26,32H,2,10-13,16-18H2,1,3-5H3,(H,40,45);1H/t21-,22+,23?,26-;/m0./s1. The second-order valence-corrected chi connectivity index (χ2v) is 17.1. The lowest BCUT2D eigenvalue weighted by atomic mass is 10.0. The maximum atomic E-state index is 14.9. The fourth-order valence-corrected chi connectivity index (χ4v) is 8.17. The van der Waals surface area contributed by atoms with Gasteiger partial charge in [0.1, 0.15) is 17.4 Å². The number of carbonyl (C=O) groups is 1. The zero-order chi connectivity index (χ0) is 37.3. The minimum Gasteiger partial charge on any atom is -0.434 e. The number of hydrogen-bond acceptors (Lipinski definition) is 10. The monoisotopic (exact) mass is 744 g/mol. The highest BCUT2D eigenvalue weighted by Gasteiger charge is 2.56. The van der Waals surface area contributed by atoms with Crippen LogP contribution in [0.3, 0.4) is 0 Å². The Morgan fingerprint density at radius 1 is 1.13 bits per heavy atom. The minimum atomic E-state index is -4.22. The highest BCUT2D eigenvalue weighted by Crippen LogP contribution is 2.46. The van der Waals surface area contributed by atoms with Gasteiger partial charge in [-0.05, 0) is 77.9 Å². The van der Waals surface area contributed by atoms with E-state index in [4.69, 9.17) is 14.2 Å². The fraction of sp³-hybridized carbons (Fsp3) is 0.514. The Morgan fingerprint density at radius 2 is 1.77 bits per heavy atom. The van der Waals surface area contributed by atoms with Crippen molar-refractivity contribution < 1.29 is 37.6 Å². The molecule has 1 saturated carbocycles. The molecule has 2 aliphatic carbocycles. The first-order valence-corrected chi connectivity index (χ1v) is 18.6. The van der Waals surface area contributed by atoms with Gasteiger partial charge in [0, 0.05) is 12.6 Å². The number of benzene rings is 1. The van der Waals surface area contributed by atoms with Crippen LogP contribution in [0.1, 0.15) is 90.6 Å². The van der Waals surface area contributed by atoms with Gasteiger partial charge < -0.3 is 14.2 Å². The Balaban J connectivity index is 0.00000481. The van der Waals surface area contributed by atoms with Gasteiger partial charge in [0.05, 0.1) is 59.0 Å². The molecular formula is C35H42F2N6O8S. The number of hydrogen-bond donors (Lipinski definition) is 1. The van der Waals surface area contributed by atoms with Crippen LogP contribution < -0.4 is 20.7 Å². The van der Waals surface area contributed by atoms with Crippen LogP contribution in [0.2, 0.25) is 0 Å². The molecule has 4 aliphatic rings. The molecule has 1 amide bonds. The van der Waals surface area contributed by atoms with Crippen molar-refractivity contribution in [3.8, 4) is 5.75 Å². The molecule has 2 aliphatic heterocycles. The number of nitrogens with one attached hydrogen (secondary N) is 1. The van der Waals surface area contributed by atoms with Gasteiger partial charge >= 0.3 is 12.3 Å². The van der Waals surface area contributed by atoms with E-state index in [9.17, 15) is 31.6 Å². The average Bonchev–Trinajstić information content (AvgIpc) is 3.39. The van der Waals surface area contributed by atoms with Gasteiger partial charge in [0.15, 0.2) is 0 Å². The third kappa shape index (κ3) is 6.11. The first-order valence-electron chi connectivity index (χ1n) is 17.1. The van der Waals surface area contributed by atoms with Crippen LogP contribution in [0.25, 0.3) is 16.8 Å². The third-order valence-corrected chi connectivity index (χ3v) is 12.4. The summed E-state index contributed by atoms with van der Waals surface area (Å²) >= 11 is 0. The molecule has 280 valence electrons. The summed E-state index contributed by atoms with van der Waals surface area (Å²) in [5.41, 5.74) is -2.26. The Labute approximate surface area is 299 Å². The van der Waals surface area contributed by atoms with E-state index in [1.165, 1.54) is 54.7 Å². The molecule has 1 aromatic carbocycles. The summed E-state index contributed by atoms with van der Waals surface area (Å²) in [6.07, 6.45) is 4.23. The molecule has 1 N–H and O–H groups in total. The van der Waals surface area contributed by atoms with Crippen LogP contribution in [-0.4, -0.2) is 68.1 Å². The van der Waals surface area contributed by atoms with Crippen LogP contribution in [-0.2, 0) is 36.4 Å². The number of halogens is 2. The molecular weight excluding hydrogens is 702 g/mol. The molecule has 3 fully saturated rings. The van der Waals surface area contributed by atoms with Crippen molar-refractivity contribution in [2.45, 2.75) is 114 Å². The summed E-state index contributed by atoms with van der Waals surface area (Å²) in [6, 6.07) is 6.13. The van der Waals surface area contributed by atoms with Gasteiger partial charge in [-0.2, -0.15) is 23.8 Å². The molecule has 3 aromatic rings. The number of ether oxygens (including phenoxy) is 3. The lowest BCUT2D eigenvalue weighted by molar-refractivity contribution is -0.124. The second-order valence-electron chi connectivity index (χ2n) is 14.7. The van der Waals surface area contributed by atoms with E-state index >= 15 is 0 Å². The summed E-state index contributed by atoms with van der Waals surface area (Å²) in [6.45, 7) is 6.64. The Morgan fingerprint density at radius 3 is 2.37 bits per heavy atom. The van der Waals surface area contributed by atoms with Gasteiger partial charge in [0.2, 0.25) is 10.0 Å². The van der Waals surface area contributed by atoms with E-state index in [2.05, 4.69) is 21.5 Å². The summed E-state index contributed by atoms with van der Waals surface area (Å²) in [5, 5.41) is 8.44. The van der Waals surface area contributed by atoms with Crippen LogP contribution in [0, 0.1) is 0 Å². The maximum absolute atomic E-state index is 14.9. The molecule has 2 aromatic heterocycles. The van der Waals surface area contributed by atoms with Crippen molar-refractivity contribution in [3.63, 3.8) is 0 Å². The van der Waals surface area contributed by atoms with E-state index in [0.29, 0.717) is 24.1 Å². The van der Waals surface area contributed by atoms with E-state index in [-0.39, 0.29) is 67.3 Å². The molecule has 14 nitrogen and oxygen atoms in total. The van der Waals surface area contributed by atoms with Crippen molar-refractivity contribution in [3.05, 3.63) is 80.9 Å².